The van der Waals surface area contributed by atoms with Crippen molar-refractivity contribution >= 4 is 11.7 Å². The summed E-state index contributed by atoms with van der Waals surface area (Å²) < 4.78 is 10.8. The van der Waals surface area contributed by atoms with E-state index in [0.717, 1.165) is 24.4 Å². The van der Waals surface area contributed by atoms with Gasteiger partial charge in [0.1, 0.15) is 18.1 Å². The molecule has 0 amide bonds. The van der Waals surface area contributed by atoms with Gasteiger partial charge in [0.05, 0.1) is 0 Å². The second-order valence-electron chi connectivity index (χ2n) is 7.09. The Morgan fingerprint density at radius 3 is 2.38 bits per heavy atom. The van der Waals surface area contributed by atoms with E-state index in [-0.39, 0.29) is 12.4 Å². The fourth-order valence-electron chi connectivity index (χ4n) is 2.15. The highest BCUT2D eigenvalue weighted by atomic mass is 16.5. The smallest absolute Gasteiger partial charge is 0.371 e. The topological polar surface area (TPSA) is 62.9 Å². The van der Waals surface area contributed by atoms with Crippen molar-refractivity contribution in [2.24, 2.45) is 5.41 Å². The Labute approximate surface area is 142 Å². The van der Waals surface area contributed by atoms with Crippen molar-refractivity contribution in [1.29, 1.82) is 0 Å². The average Bonchev–Trinajstić information content (AvgIpc) is 2.99. The van der Waals surface area contributed by atoms with Gasteiger partial charge in [0.15, 0.2) is 0 Å². The molecule has 0 fully saturated rings. The normalized spacial score (nSPS) is 11.3. The third-order valence-electron chi connectivity index (χ3n) is 3.73. The van der Waals surface area contributed by atoms with Gasteiger partial charge in [-0.2, -0.15) is 0 Å². The Morgan fingerprint density at radius 2 is 1.83 bits per heavy atom. The number of carboxylic acid groups (broad SMARTS) is 1. The van der Waals surface area contributed by atoms with Crippen LogP contribution in [0.4, 0.5) is 5.69 Å². The maximum Gasteiger partial charge on any atom is 0.371 e. The SMILES string of the molecule is CN(CCC(C)(C)C)c1ccc(OCc2ccc(C(=O)O)o2)cc1. The van der Waals surface area contributed by atoms with Crippen LogP contribution in [0.25, 0.3) is 0 Å². The quantitative estimate of drug-likeness (QED) is 0.813. The summed E-state index contributed by atoms with van der Waals surface area (Å²) in [6.07, 6.45) is 1.12. The monoisotopic (exact) mass is 331 g/mol. The number of nitrogens with zero attached hydrogens (tertiary/aromatic N) is 1. The van der Waals surface area contributed by atoms with Crippen LogP contribution in [-0.4, -0.2) is 24.7 Å². The maximum atomic E-state index is 10.8. The molecule has 0 atom stereocenters. The van der Waals surface area contributed by atoms with Crippen LogP contribution in [0, 0.1) is 5.41 Å². The first-order valence-electron chi connectivity index (χ1n) is 8.00. The molecule has 130 valence electrons. The molecule has 0 bridgehead atoms. The number of carbonyl (C=O) groups is 1. The fourth-order valence-corrected chi connectivity index (χ4v) is 2.15. The zero-order valence-corrected chi connectivity index (χ0v) is 14.7. The first kappa shape index (κ1) is 17.9. The van der Waals surface area contributed by atoms with Gasteiger partial charge in [-0.1, -0.05) is 20.8 Å². The summed E-state index contributed by atoms with van der Waals surface area (Å²) in [6, 6.07) is 10.9. The number of benzene rings is 1. The Kier molecular flexibility index (Phi) is 5.54. The van der Waals surface area contributed by atoms with Crippen molar-refractivity contribution in [2.75, 3.05) is 18.5 Å². The van der Waals surface area contributed by atoms with Crippen LogP contribution >= 0.6 is 0 Å². The van der Waals surface area contributed by atoms with Gasteiger partial charge in [0, 0.05) is 19.3 Å². The molecule has 0 spiro atoms. The fraction of sp³-hybridized carbons (Fsp3) is 0.421. The van der Waals surface area contributed by atoms with Gasteiger partial charge in [0.25, 0.3) is 0 Å². The van der Waals surface area contributed by atoms with E-state index < -0.39 is 5.97 Å². The van der Waals surface area contributed by atoms with E-state index in [9.17, 15) is 4.79 Å². The first-order valence-corrected chi connectivity index (χ1v) is 8.00. The van der Waals surface area contributed by atoms with Crippen molar-refractivity contribution in [2.45, 2.75) is 33.8 Å². The molecule has 1 N–H and O–H groups in total. The minimum Gasteiger partial charge on any atom is -0.486 e. The number of hydrogen-bond acceptors (Lipinski definition) is 4. The van der Waals surface area contributed by atoms with Gasteiger partial charge in [0.2, 0.25) is 5.76 Å². The number of carboxylic acids is 1. The number of furan rings is 1. The average molecular weight is 331 g/mol. The predicted octanol–water partition coefficient (Wildman–Crippen LogP) is 4.43. The molecule has 1 aromatic heterocycles. The van der Waals surface area contributed by atoms with Crippen LogP contribution < -0.4 is 9.64 Å². The third kappa shape index (κ3) is 5.33. The Bertz CT molecular complexity index is 667. The molecule has 0 saturated heterocycles. The van der Waals surface area contributed by atoms with E-state index in [1.54, 1.807) is 6.07 Å². The van der Waals surface area contributed by atoms with E-state index >= 15 is 0 Å². The Balaban J connectivity index is 1.88. The molecule has 0 aliphatic carbocycles. The Hall–Kier alpha value is -2.43. The van der Waals surface area contributed by atoms with E-state index in [1.165, 1.54) is 6.07 Å². The lowest BCUT2D eigenvalue weighted by atomic mass is 9.92. The molecule has 5 nitrogen and oxygen atoms in total. The van der Waals surface area contributed by atoms with Crippen molar-refractivity contribution < 1.29 is 19.1 Å². The molecular weight excluding hydrogens is 306 g/mol. The van der Waals surface area contributed by atoms with Crippen LogP contribution in [0.2, 0.25) is 0 Å². The van der Waals surface area contributed by atoms with Gasteiger partial charge in [-0.3, -0.25) is 0 Å². The second-order valence-corrected chi connectivity index (χ2v) is 7.09. The number of rotatable bonds is 7. The molecule has 24 heavy (non-hydrogen) atoms. The summed E-state index contributed by atoms with van der Waals surface area (Å²) in [4.78, 5) is 13.0. The van der Waals surface area contributed by atoms with Crippen molar-refractivity contribution in [3.05, 3.63) is 47.9 Å². The molecule has 1 heterocycles. The summed E-state index contributed by atoms with van der Waals surface area (Å²) >= 11 is 0. The number of anilines is 1. The minimum absolute atomic E-state index is 0.0792. The molecule has 2 rings (SSSR count). The van der Waals surface area contributed by atoms with Crippen LogP contribution in [0.1, 0.15) is 43.5 Å². The zero-order chi connectivity index (χ0) is 17.7. The standard InChI is InChI=1S/C19H25NO4/c1-19(2,3)11-12-20(4)14-5-7-15(8-6-14)23-13-16-9-10-17(24-16)18(21)22/h5-10H,11-13H2,1-4H3,(H,21,22). The molecular formula is C19H25NO4. The summed E-state index contributed by atoms with van der Waals surface area (Å²) in [5.74, 6) is 0.0448. The van der Waals surface area contributed by atoms with E-state index in [2.05, 4.69) is 32.7 Å². The molecule has 0 radical (unpaired) electrons. The molecule has 0 aliphatic heterocycles. The third-order valence-corrected chi connectivity index (χ3v) is 3.73. The molecule has 0 aliphatic rings. The minimum atomic E-state index is -1.08. The van der Waals surface area contributed by atoms with Crippen molar-refractivity contribution in [3.63, 3.8) is 0 Å². The van der Waals surface area contributed by atoms with E-state index in [4.69, 9.17) is 14.3 Å². The predicted molar refractivity (Wildman–Crippen MR) is 93.8 cm³/mol. The van der Waals surface area contributed by atoms with Gasteiger partial charge in [-0.05, 0) is 48.2 Å². The number of aromatic carboxylic acids is 1. The highest BCUT2D eigenvalue weighted by Crippen LogP contribution is 2.23. The molecule has 0 unspecified atom stereocenters. The number of ether oxygens (including phenoxy) is 1. The van der Waals surface area contributed by atoms with Crippen LogP contribution in [0.3, 0.4) is 0 Å². The van der Waals surface area contributed by atoms with Gasteiger partial charge < -0.3 is 19.2 Å². The highest BCUT2D eigenvalue weighted by Gasteiger charge is 2.12. The lowest BCUT2D eigenvalue weighted by molar-refractivity contribution is 0.0658. The lowest BCUT2D eigenvalue weighted by Crippen LogP contribution is -2.22. The van der Waals surface area contributed by atoms with E-state index in [0.29, 0.717) is 11.2 Å². The molecule has 1 aromatic carbocycles. The first-order chi connectivity index (χ1) is 11.2. The van der Waals surface area contributed by atoms with Crippen LogP contribution in [-0.2, 0) is 6.61 Å². The van der Waals surface area contributed by atoms with Gasteiger partial charge in [-0.25, -0.2) is 4.79 Å². The Morgan fingerprint density at radius 1 is 1.17 bits per heavy atom. The molecule has 5 heteroatoms. The second kappa shape index (κ2) is 7.43. The van der Waals surface area contributed by atoms with Crippen LogP contribution in [0.5, 0.6) is 5.75 Å². The van der Waals surface area contributed by atoms with Gasteiger partial charge in [-0.15, -0.1) is 0 Å². The summed E-state index contributed by atoms with van der Waals surface area (Å²) in [7, 11) is 2.08. The van der Waals surface area contributed by atoms with Gasteiger partial charge >= 0.3 is 5.97 Å². The highest BCUT2D eigenvalue weighted by molar-refractivity contribution is 5.84. The number of hydrogen-bond donors (Lipinski definition) is 1. The largest absolute Gasteiger partial charge is 0.486 e. The van der Waals surface area contributed by atoms with Crippen LogP contribution in [0.15, 0.2) is 40.8 Å². The van der Waals surface area contributed by atoms with Crippen molar-refractivity contribution in [3.8, 4) is 5.75 Å². The summed E-state index contributed by atoms with van der Waals surface area (Å²) in [5, 5.41) is 8.82. The molecule has 2 aromatic rings. The lowest BCUT2D eigenvalue weighted by Gasteiger charge is -2.25. The van der Waals surface area contributed by atoms with Crippen molar-refractivity contribution in [1.82, 2.24) is 0 Å². The maximum absolute atomic E-state index is 10.8. The summed E-state index contributed by atoms with van der Waals surface area (Å²) in [6.45, 7) is 7.91. The molecule has 0 saturated carbocycles. The van der Waals surface area contributed by atoms with E-state index in [1.807, 2.05) is 24.3 Å². The summed E-state index contributed by atoms with van der Waals surface area (Å²) in [5.41, 5.74) is 1.45. The zero-order valence-electron chi connectivity index (χ0n) is 14.7.